The van der Waals surface area contributed by atoms with Crippen LogP contribution < -0.4 is 5.32 Å². The second-order valence-electron chi connectivity index (χ2n) is 3.95. The summed E-state index contributed by atoms with van der Waals surface area (Å²) in [5, 5.41) is 4.56. The zero-order chi connectivity index (χ0) is 9.31. The maximum Gasteiger partial charge on any atom is 0.173 e. The summed E-state index contributed by atoms with van der Waals surface area (Å²) in [5.41, 5.74) is 0. The van der Waals surface area contributed by atoms with Gasteiger partial charge in [0.05, 0.1) is 5.75 Å². The summed E-state index contributed by atoms with van der Waals surface area (Å²) < 4.78 is 22.0. The average Bonchev–Trinajstić information content (AvgIpc) is 2.78. The molecular formula is C9H15NO2S. The summed E-state index contributed by atoms with van der Waals surface area (Å²) in [6.07, 6.45) is 5.67. The maximum absolute atomic E-state index is 11.0. The van der Waals surface area contributed by atoms with E-state index in [0.29, 0.717) is 0 Å². The lowest BCUT2D eigenvalue weighted by Crippen LogP contribution is -2.30. The summed E-state index contributed by atoms with van der Waals surface area (Å²) in [4.78, 5) is 0. The lowest BCUT2D eigenvalue weighted by molar-refractivity contribution is 0.570. The molecule has 1 atom stereocenters. The SMILES string of the molecule is O=S1(=O)C=CC(NCCC2CC2)C1. The van der Waals surface area contributed by atoms with Gasteiger partial charge in [0.15, 0.2) is 9.84 Å². The molecule has 0 spiro atoms. The third-order valence-electron chi connectivity index (χ3n) is 2.59. The van der Waals surface area contributed by atoms with E-state index >= 15 is 0 Å². The molecule has 74 valence electrons. The highest BCUT2D eigenvalue weighted by atomic mass is 32.2. The number of sulfone groups is 1. The fourth-order valence-electron chi connectivity index (χ4n) is 1.58. The molecule has 2 rings (SSSR count). The minimum Gasteiger partial charge on any atom is -0.310 e. The van der Waals surface area contributed by atoms with Gasteiger partial charge >= 0.3 is 0 Å². The third kappa shape index (κ3) is 2.81. The van der Waals surface area contributed by atoms with Gasteiger partial charge < -0.3 is 5.32 Å². The van der Waals surface area contributed by atoms with E-state index in [0.717, 1.165) is 12.5 Å². The Morgan fingerprint density at radius 3 is 2.69 bits per heavy atom. The second kappa shape index (κ2) is 3.42. The quantitative estimate of drug-likeness (QED) is 0.728. The molecule has 1 aliphatic carbocycles. The Hall–Kier alpha value is -0.350. The number of rotatable bonds is 4. The maximum atomic E-state index is 11.0. The molecule has 0 aromatic heterocycles. The molecule has 1 unspecified atom stereocenters. The predicted octanol–water partition coefficient (Wildman–Crippen LogP) is 0.687. The molecule has 0 amide bonds. The monoisotopic (exact) mass is 201 g/mol. The standard InChI is InChI=1S/C9H15NO2S/c11-13(12)6-4-9(7-13)10-5-3-8-1-2-8/h4,6,8-10H,1-3,5,7H2. The largest absolute Gasteiger partial charge is 0.310 e. The average molecular weight is 201 g/mol. The van der Waals surface area contributed by atoms with Crippen LogP contribution in [0.4, 0.5) is 0 Å². The van der Waals surface area contributed by atoms with Crippen molar-refractivity contribution in [1.82, 2.24) is 5.32 Å². The fraction of sp³-hybridized carbons (Fsp3) is 0.778. The second-order valence-corrected chi connectivity index (χ2v) is 5.88. The van der Waals surface area contributed by atoms with Crippen LogP contribution in [0.25, 0.3) is 0 Å². The van der Waals surface area contributed by atoms with Crippen molar-refractivity contribution in [2.45, 2.75) is 25.3 Å². The van der Waals surface area contributed by atoms with Crippen LogP contribution in [0.15, 0.2) is 11.5 Å². The van der Waals surface area contributed by atoms with Crippen LogP contribution in [0.1, 0.15) is 19.3 Å². The van der Waals surface area contributed by atoms with Crippen LogP contribution in [0.5, 0.6) is 0 Å². The van der Waals surface area contributed by atoms with Gasteiger partial charge in [0.2, 0.25) is 0 Å². The molecule has 13 heavy (non-hydrogen) atoms. The summed E-state index contributed by atoms with van der Waals surface area (Å²) in [6.45, 7) is 0.954. The van der Waals surface area contributed by atoms with Crippen molar-refractivity contribution in [3.8, 4) is 0 Å². The molecule has 2 aliphatic rings. The number of hydrogen-bond acceptors (Lipinski definition) is 3. The van der Waals surface area contributed by atoms with E-state index in [2.05, 4.69) is 5.32 Å². The van der Waals surface area contributed by atoms with Crippen molar-refractivity contribution in [3.63, 3.8) is 0 Å². The van der Waals surface area contributed by atoms with Crippen molar-refractivity contribution < 1.29 is 8.42 Å². The van der Waals surface area contributed by atoms with Crippen molar-refractivity contribution in [3.05, 3.63) is 11.5 Å². The van der Waals surface area contributed by atoms with Crippen molar-refractivity contribution in [2.75, 3.05) is 12.3 Å². The van der Waals surface area contributed by atoms with E-state index in [1.165, 1.54) is 24.7 Å². The Bertz CT molecular complexity index is 304. The van der Waals surface area contributed by atoms with Crippen LogP contribution in [0, 0.1) is 5.92 Å². The van der Waals surface area contributed by atoms with Gasteiger partial charge in [-0.3, -0.25) is 0 Å². The molecule has 3 nitrogen and oxygen atoms in total. The molecule has 0 radical (unpaired) electrons. The van der Waals surface area contributed by atoms with Gasteiger partial charge in [0.25, 0.3) is 0 Å². The van der Waals surface area contributed by atoms with E-state index < -0.39 is 9.84 Å². The first kappa shape index (κ1) is 9.21. The lowest BCUT2D eigenvalue weighted by atomic mass is 10.2. The van der Waals surface area contributed by atoms with E-state index in [1.807, 2.05) is 0 Å². The van der Waals surface area contributed by atoms with Crippen LogP contribution in [0.2, 0.25) is 0 Å². The molecule has 0 saturated heterocycles. The van der Waals surface area contributed by atoms with E-state index in [-0.39, 0.29) is 11.8 Å². The first-order valence-electron chi connectivity index (χ1n) is 4.80. The zero-order valence-electron chi connectivity index (χ0n) is 7.57. The molecule has 1 heterocycles. The molecule has 0 aromatic rings. The molecular weight excluding hydrogens is 186 g/mol. The van der Waals surface area contributed by atoms with Crippen LogP contribution in [0.3, 0.4) is 0 Å². The van der Waals surface area contributed by atoms with Gasteiger partial charge in [-0.15, -0.1) is 0 Å². The first-order valence-corrected chi connectivity index (χ1v) is 6.52. The lowest BCUT2D eigenvalue weighted by Gasteiger charge is -2.08. The Labute approximate surface area is 79.1 Å². The fourth-order valence-corrected chi connectivity index (χ4v) is 2.85. The number of hydrogen-bond donors (Lipinski definition) is 1. The van der Waals surface area contributed by atoms with Crippen molar-refractivity contribution in [1.29, 1.82) is 0 Å². The molecule has 0 bridgehead atoms. The van der Waals surface area contributed by atoms with E-state index in [4.69, 9.17) is 0 Å². The predicted molar refractivity (Wildman–Crippen MR) is 52.1 cm³/mol. The topological polar surface area (TPSA) is 46.2 Å². The molecule has 1 N–H and O–H groups in total. The normalized spacial score (nSPS) is 30.9. The first-order chi connectivity index (χ1) is 6.16. The van der Waals surface area contributed by atoms with Gasteiger partial charge in [-0.05, 0) is 18.9 Å². The summed E-state index contributed by atoms with van der Waals surface area (Å²) in [5.74, 6) is 1.16. The highest BCUT2D eigenvalue weighted by Crippen LogP contribution is 2.31. The van der Waals surface area contributed by atoms with Crippen LogP contribution in [-0.2, 0) is 9.84 Å². The van der Waals surface area contributed by atoms with E-state index in [9.17, 15) is 8.42 Å². The minimum atomic E-state index is -2.87. The summed E-state index contributed by atoms with van der Waals surface area (Å²) in [6, 6.07) is 0.0590. The molecule has 0 aromatic carbocycles. The van der Waals surface area contributed by atoms with Gasteiger partial charge in [0.1, 0.15) is 0 Å². The minimum absolute atomic E-state index is 0.0590. The number of nitrogens with one attached hydrogen (secondary N) is 1. The van der Waals surface area contributed by atoms with Gasteiger partial charge in [-0.2, -0.15) is 0 Å². The Morgan fingerprint density at radius 1 is 1.38 bits per heavy atom. The van der Waals surface area contributed by atoms with Crippen LogP contribution >= 0.6 is 0 Å². The molecule has 4 heteroatoms. The van der Waals surface area contributed by atoms with E-state index in [1.54, 1.807) is 6.08 Å². The summed E-state index contributed by atoms with van der Waals surface area (Å²) in [7, 11) is -2.87. The van der Waals surface area contributed by atoms with Crippen molar-refractivity contribution >= 4 is 9.84 Å². The third-order valence-corrected chi connectivity index (χ3v) is 3.98. The van der Waals surface area contributed by atoms with Gasteiger partial charge in [0, 0.05) is 11.4 Å². The van der Waals surface area contributed by atoms with Crippen molar-refractivity contribution in [2.24, 2.45) is 5.92 Å². The van der Waals surface area contributed by atoms with Gasteiger partial charge in [-0.25, -0.2) is 8.42 Å². The zero-order valence-corrected chi connectivity index (χ0v) is 8.39. The highest BCUT2D eigenvalue weighted by Gasteiger charge is 2.23. The molecule has 1 aliphatic heterocycles. The Morgan fingerprint density at radius 2 is 2.15 bits per heavy atom. The molecule has 1 saturated carbocycles. The highest BCUT2D eigenvalue weighted by molar-refractivity contribution is 7.94. The van der Waals surface area contributed by atoms with Gasteiger partial charge in [-0.1, -0.05) is 18.9 Å². The molecule has 1 fully saturated rings. The smallest absolute Gasteiger partial charge is 0.173 e. The Kier molecular flexibility index (Phi) is 2.43. The summed E-state index contributed by atoms with van der Waals surface area (Å²) >= 11 is 0. The Balaban J connectivity index is 1.68. The van der Waals surface area contributed by atoms with Crippen LogP contribution in [-0.4, -0.2) is 26.8 Å².